The number of amides is 1. The van der Waals surface area contributed by atoms with Crippen LogP contribution in [0.15, 0.2) is 61.2 Å². The average Bonchev–Trinajstić information content (AvgIpc) is 2.52. The summed E-state index contributed by atoms with van der Waals surface area (Å²) >= 11 is 0. The van der Waals surface area contributed by atoms with E-state index in [1.807, 2.05) is 0 Å². The summed E-state index contributed by atoms with van der Waals surface area (Å²) < 4.78 is 0. The van der Waals surface area contributed by atoms with Crippen molar-refractivity contribution in [2.75, 3.05) is 0 Å². The second kappa shape index (κ2) is 8.36. The fourth-order valence-electron chi connectivity index (χ4n) is 1.86. The highest BCUT2D eigenvalue weighted by Gasteiger charge is 2.17. The number of carbonyl (C=O) groups is 3. The number of carbonyl (C=O) groups excluding carboxylic acids is 2. The van der Waals surface area contributed by atoms with Crippen molar-refractivity contribution in [2.45, 2.75) is 12.5 Å². The Hall–Kier alpha value is -2.95. The van der Waals surface area contributed by atoms with E-state index in [0.717, 1.165) is 0 Å². The smallest absolute Gasteiger partial charge is 0.326 e. The molecule has 2 N–H and O–H groups in total. The molecule has 1 atom stereocenters. The van der Waals surface area contributed by atoms with E-state index in [2.05, 4.69) is 18.5 Å². The van der Waals surface area contributed by atoms with Crippen molar-refractivity contribution in [3.05, 3.63) is 72.4 Å². The molecule has 0 radical (unpaired) electrons. The Morgan fingerprint density at radius 3 is 2.32 bits per heavy atom. The third-order valence-corrected chi connectivity index (χ3v) is 3.00. The number of hydrogen-bond acceptors (Lipinski definition) is 3. The summed E-state index contributed by atoms with van der Waals surface area (Å²) in [6.07, 6.45) is 5.02. The Kier molecular flexibility index (Phi) is 6.50. The molecule has 0 spiro atoms. The Bertz CT molecular complexity index is 614. The molecule has 0 aliphatic heterocycles. The molecule has 0 aliphatic carbocycles. The lowest BCUT2D eigenvalue weighted by atomic mass is 9.99. The average molecular weight is 299 g/mol. The maximum atomic E-state index is 12.2. The number of rotatable bonds is 9. The minimum atomic E-state index is -1.12. The van der Waals surface area contributed by atoms with Gasteiger partial charge < -0.3 is 10.4 Å². The summed E-state index contributed by atoms with van der Waals surface area (Å²) in [6, 6.07) is 5.54. The van der Waals surface area contributed by atoms with Crippen LogP contribution >= 0.6 is 0 Å². The van der Waals surface area contributed by atoms with E-state index in [0.29, 0.717) is 23.1 Å². The molecule has 0 fully saturated rings. The van der Waals surface area contributed by atoms with Gasteiger partial charge in [-0.1, -0.05) is 55.7 Å². The highest BCUT2D eigenvalue weighted by atomic mass is 16.4. The molecule has 0 saturated carbocycles. The second-order valence-electron chi connectivity index (χ2n) is 4.47. The largest absolute Gasteiger partial charge is 0.480 e. The van der Waals surface area contributed by atoms with E-state index in [-0.39, 0.29) is 12.2 Å². The van der Waals surface area contributed by atoms with Crippen LogP contribution in [0.2, 0.25) is 0 Å². The number of benzene rings is 1. The van der Waals surface area contributed by atoms with E-state index in [9.17, 15) is 14.4 Å². The number of nitrogens with one attached hydrogen (secondary N) is 1. The van der Waals surface area contributed by atoms with Crippen LogP contribution in [-0.4, -0.2) is 29.3 Å². The van der Waals surface area contributed by atoms with Gasteiger partial charge in [0.15, 0.2) is 5.78 Å². The Balaban J connectivity index is 2.90. The number of carboxylic acids is 1. The maximum absolute atomic E-state index is 12.2. The highest BCUT2D eigenvalue weighted by molar-refractivity contribution is 6.10. The van der Waals surface area contributed by atoms with Gasteiger partial charge in [-0.15, -0.1) is 0 Å². The van der Waals surface area contributed by atoms with E-state index in [1.165, 1.54) is 12.2 Å². The molecule has 5 nitrogen and oxygen atoms in total. The fraction of sp³-hybridized carbons (Fsp3) is 0.118. The summed E-state index contributed by atoms with van der Waals surface area (Å²) in [5.74, 6) is -1.31. The molecule has 0 aliphatic rings. The molecule has 1 aromatic carbocycles. The summed E-state index contributed by atoms with van der Waals surface area (Å²) in [6.45, 7) is 7.12. The third kappa shape index (κ3) is 4.56. The molecule has 1 amide bonds. The van der Waals surface area contributed by atoms with Crippen molar-refractivity contribution in [3.63, 3.8) is 0 Å². The van der Waals surface area contributed by atoms with Crippen LogP contribution in [0, 0.1) is 0 Å². The summed E-state index contributed by atoms with van der Waals surface area (Å²) in [4.78, 5) is 33.5. The van der Waals surface area contributed by atoms with Gasteiger partial charge in [0.25, 0.3) is 0 Å². The second-order valence-corrected chi connectivity index (χ2v) is 4.47. The van der Waals surface area contributed by atoms with E-state index >= 15 is 0 Å². The van der Waals surface area contributed by atoms with Crippen molar-refractivity contribution in [3.8, 4) is 0 Å². The number of ketones is 1. The minimum absolute atomic E-state index is 0.138. The van der Waals surface area contributed by atoms with Crippen molar-refractivity contribution >= 4 is 18.2 Å². The topological polar surface area (TPSA) is 83.5 Å². The van der Waals surface area contributed by atoms with Crippen molar-refractivity contribution in [1.29, 1.82) is 0 Å². The van der Waals surface area contributed by atoms with Crippen LogP contribution in [-0.2, 0) is 16.0 Å². The highest BCUT2D eigenvalue weighted by Crippen LogP contribution is 2.12. The van der Waals surface area contributed by atoms with Crippen molar-refractivity contribution < 1.29 is 19.5 Å². The summed E-state index contributed by atoms with van der Waals surface area (Å²) in [5.41, 5.74) is 1.59. The van der Waals surface area contributed by atoms with Crippen LogP contribution < -0.4 is 5.32 Å². The number of carboxylic acid groups (broad SMARTS) is 1. The fourth-order valence-corrected chi connectivity index (χ4v) is 1.86. The van der Waals surface area contributed by atoms with E-state index in [1.54, 1.807) is 30.3 Å². The third-order valence-electron chi connectivity index (χ3n) is 3.00. The predicted octanol–water partition coefficient (Wildman–Crippen LogP) is 1.91. The maximum Gasteiger partial charge on any atom is 0.326 e. The first-order chi connectivity index (χ1) is 10.5. The molecule has 1 rings (SSSR count). The van der Waals surface area contributed by atoms with Crippen LogP contribution in [0.5, 0.6) is 0 Å². The first-order valence-corrected chi connectivity index (χ1v) is 6.54. The monoisotopic (exact) mass is 299 g/mol. The zero-order valence-corrected chi connectivity index (χ0v) is 12.0. The van der Waals surface area contributed by atoms with Gasteiger partial charge in [-0.05, 0) is 5.56 Å². The molecule has 0 saturated heterocycles. The minimum Gasteiger partial charge on any atom is -0.480 e. The molecule has 0 unspecified atom stereocenters. The van der Waals surface area contributed by atoms with Crippen molar-refractivity contribution in [1.82, 2.24) is 5.32 Å². The standard InChI is InChI=1S/C17H17NO4/c1-3-5-13(4-2)16(20)14-8-6-12(7-9-14)10-15(17(21)22)18-11-19/h3-9,11,15H,1-2,10H2,(H,18,19)(H,21,22)/b13-5+/t15-/m0/s1. The first kappa shape index (κ1) is 17.1. The van der Waals surface area contributed by atoms with Crippen LogP contribution in [0.4, 0.5) is 0 Å². The predicted molar refractivity (Wildman–Crippen MR) is 83.6 cm³/mol. The van der Waals surface area contributed by atoms with E-state index < -0.39 is 12.0 Å². The van der Waals surface area contributed by atoms with Crippen LogP contribution in [0.1, 0.15) is 15.9 Å². The van der Waals surface area contributed by atoms with Gasteiger partial charge in [-0.25, -0.2) is 4.79 Å². The zero-order chi connectivity index (χ0) is 16.5. The molecule has 0 aromatic heterocycles. The molecule has 5 heteroatoms. The zero-order valence-electron chi connectivity index (χ0n) is 12.0. The molecule has 22 heavy (non-hydrogen) atoms. The molecule has 0 heterocycles. The molecule has 114 valence electrons. The quantitative estimate of drug-likeness (QED) is 0.316. The number of aliphatic carboxylic acids is 1. The lowest BCUT2D eigenvalue weighted by Gasteiger charge is -2.11. The number of hydrogen-bond donors (Lipinski definition) is 2. The SMILES string of the molecule is C=C/C=C(\C=C)C(=O)c1ccc(C[C@H](NC=O)C(=O)O)cc1. The molecule has 1 aromatic rings. The Morgan fingerprint density at radius 2 is 1.86 bits per heavy atom. The molecular formula is C17H17NO4. The molecule has 0 bridgehead atoms. The number of allylic oxidation sites excluding steroid dienone is 4. The van der Waals surface area contributed by atoms with Gasteiger partial charge in [0.2, 0.25) is 6.41 Å². The molecular weight excluding hydrogens is 282 g/mol. The first-order valence-electron chi connectivity index (χ1n) is 6.54. The van der Waals surface area contributed by atoms with Crippen LogP contribution in [0.25, 0.3) is 0 Å². The normalized spacial score (nSPS) is 12.1. The Morgan fingerprint density at radius 1 is 1.23 bits per heavy atom. The lowest BCUT2D eigenvalue weighted by molar-refractivity contribution is -0.140. The summed E-state index contributed by atoms with van der Waals surface area (Å²) in [5, 5.41) is 11.2. The lowest BCUT2D eigenvalue weighted by Crippen LogP contribution is -2.37. The van der Waals surface area contributed by atoms with Gasteiger partial charge in [0.05, 0.1) is 0 Å². The van der Waals surface area contributed by atoms with Gasteiger partial charge in [0, 0.05) is 17.6 Å². The van der Waals surface area contributed by atoms with Gasteiger partial charge in [0.1, 0.15) is 6.04 Å². The van der Waals surface area contributed by atoms with Gasteiger partial charge in [-0.3, -0.25) is 9.59 Å². The Labute approximate surface area is 128 Å². The van der Waals surface area contributed by atoms with Crippen LogP contribution in [0.3, 0.4) is 0 Å². The van der Waals surface area contributed by atoms with Gasteiger partial charge in [-0.2, -0.15) is 0 Å². The number of Topliss-reactive ketones (excluding diaryl/α,β-unsaturated/α-hetero) is 1. The van der Waals surface area contributed by atoms with E-state index in [4.69, 9.17) is 5.11 Å². The van der Waals surface area contributed by atoms with Crippen molar-refractivity contribution in [2.24, 2.45) is 0 Å². The summed E-state index contributed by atoms with van der Waals surface area (Å²) in [7, 11) is 0. The van der Waals surface area contributed by atoms with Gasteiger partial charge >= 0.3 is 5.97 Å².